The van der Waals surface area contributed by atoms with E-state index in [2.05, 4.69) is 5.32 Å². The van der Waals surface area contributed by atoms with Gasteiger partial charge in [0.15, 0.2) is 0 Å². The first-order chi connectivity index (χ1) is 9.08. The Balaban J connectivity index is 1.98. The largest absolute Gasteiger partial charge is 0.386 e. The van der Waals surface area contributed by atoms with E-state index in [9.17, 15) is 9.90 Å². The van der Waals surface area contributed by atoms with Crippen molar-refractivity contribution >= 4 is 40.4 Å². The van der Waals surface area contributed by atoms with Crippen LogP contribution in [0.5, 0.6) is 0 Å². The second-order valence-electron chi connectivity index (χ2n) is 3.87. The van der Waals surface area contributed by atoms with Crippen molar-refractivity contribution in [2.24, 2.45) is 0 Å². The van der Waals surface area contributed by atoms with E-state index in [1.165, 1.54) is 17.4 Å². The first kappa shape index (κ1) is 14.3. The van der Waals surface area contributed by atoms with Gasteiger partial charge in [-0.3, -0.25) is 4.79 Å². The summed E-state index contributed by atoms with van der Waals surface area (Å²) < 4.78 is 0. The van der Waals surface area contributed by atoms with E-state index >= 15 is 0 Å². The van der Waals surface area contributed by atoms with E-state index in [1.54, 1.807) is 12.1 Å². The summed E-state index contributed by atoms with van der Waals surface area (Å²) in [6, 6.07) is 8.32. The second-order valence-corrected chi connectivity index (χ2v) is 5.69. The Morgan fingerprint density at radius 3 is 2.79 bits per heavy atom. The minimum Gasteiger partial charge on any atom is -0.386 e. The SMILES string of the molecule is O=C(NCC(O)c1cccs1)c1ccc(Cl)cc1Cl. The first-order valence-corrected chi connectivity index (χ1v) is 7.16. The molecule has 3 nitrogen and oxygen atoms in total. The number of nitrogens with one attached hydrogen (secondary N) is 1. The molecule has 0 aliphatic rings. The van der Waals surface area contributed by atoms with Gasteiger partial charge in [-0.1, -0.05) is 29.3 Å². The van der Waals surface area contributed by atoms with E-state index in [0.717, 1.165) is 4.88 Å². The summed E-state index contributed by atoms with van der Waals surface area (Å²) in [5.74, 6) is -0.336. The molecular weight excluding hydrogens is 305 g/mol. The maximum absolute atomic E-state index is 11.9. The predicted molar refractivity (Wildman–Crippen MR) is 78.1 cm³/mol. The number of amides is 1. The molecule has 1 atom stereocenters. The monoisotopic (exact) mass is 315 g/mol. The van der Waals surface area contributed by atoms with Crippen LogP contribution in [0, 0.1) is 0 Å². The highest BCUT2D eigenvalue weighted by molar-refractivity contribution is 7.10. The summed E-state index contributed by atoms with van der Waals surface area (Å²) in [6.07, 6.45) is -0.713. The molecule has 2 N–H and O–H groups in total. The van der Waals surface area contributed by atoms with Gasteiger partial charge in [0.05, 0.1) is 10.6 Å². The van der Waals surface area contributed by atoms with Crippen molar-refractivity contribution in [3.05, 3.63) is 56.2 Å². The summed E-state index contributed by atoms with van der Waals surface area (Å²) in [5.41, 5.74) is 0.337. The molecule has 2 rings (SSSR count). The van der Waals surface area contributed by atoms with Crippen LogP contribution in [0.25, 0.3) is 0 Å². The quantitative estimate of drug-likeness (QED) is 0.907. The summed E-state index contributed by atoms with van der Waals surface area (Å²) in [7, 11) is 0. The minimum absolute atomic E-state index is 0.137. The first-order valence-electron chi connectivity index (χ1n) is 5.52. The average Bonchev–Trinajstić information content (AvgIpc) is 2.89. The van der Waals surface area contributed by atoms with E-state index in [4.69, 9.17) is 23.2 Å². The number of benzene rings is 1. The van der Waals surface area contributed by atoms with Gasteiger partial charge in [-0.05, 0) is 29.6 Å². The standard InChI is InChI=1S/C13H11Cl2NO2S/c14-8-3-4-9(10(15)6-8)13(18)16-7-11(17)12-2-1-5-19-12/h1-6,11,17H,7H2,(H,16,18). The zero-order chi connectivity index (χ0) is 13.8. The van der Waals surface area contributed by atoms with Crippen LogP contribution in [0.15, 0.2) is 35.7 Å². The molecule has 6 heteroatoms. The fraction of sp³-hybridized carbons (Fsp3) is 0.154. The van der Waals surface area contributed by atoms with Crippen molar-refractivity contribution in [2.75, 3.05) is 6.54 Å². The maximum atomic E-state index is 11.9. The molecule has 1 unspecified atom stereocenters. The molecule has 0 aliphatic heterocycles. The Morgan fingerprint density at radius 2 is 2.16 bits per heavy atom. The number of halogens is 2. The van der Waals surface area contributed by atoms with Crippen LogP contribution in [0.1, 0.15) is 21.3 Å². The van der Waals surface area contributed by atoms with Gasteiger partial charge < -0.3 is 10.4 Å². The Labute approximate surface area is 124 Å². The minimum atomic E-state index is -0.713. The van der Waals surface area contributed by atoms with E-state index in [-0.39, 0.29) is 17.5 Å². The predicted octanol–water partition coefficient (Wildman–Crippen LogP) is 3.52. The molecule has 1 heterocycles. The summed E-state index contributed by atoms with van der Waals surface area (Å²) in [6.45, 7) is 0.137. The molecule has 1 aromatic carbocycles. The third-order valence-electron chi connectivity index (χ3n) is 2.50. The lowest BCUT2D eigenvalue weighted by Crippen LogP contribution is -2.28. The molecule has 100 valence electrons. The van der Waals surface area contributed by atoms with Crippen LogP contribution in [0.2, 0.25) is 10.0 Å². The molecule has 0 saturated carbocycles. The van der Waals surface area contributed by atoms with Gasteiger partial charge in [0, 0.05) is 16.4 Å². The lowest BCUT2D eigenvalue weighted by molar-refractivity contribution is 0.0918. The molecule has 2 aromatic rings. The third kappa shape index (κ3) is 3.70. The van der Waals surface area contributed by atoms with Gasteiger partial charge in [0.25, 0.3) is 5.91 Å². The highest BCUT2D eigenvalue weighted by Gasteiger charge is 2.13. The molecule has 0 bridgehead atoms. The van der Waals surface area contributed by atoms with Gasteiger partial charge in [0.2, 0.25) is 0 Å². The summed E-state index contributed by atoms with van der Waals surface area (Å²) in [5, 5.41) is 15.1. The van der Waals surface area contributed by atoms with Crippen LogP contribution in [0.4, 0.5) is 0 Å². The Morgan fingerprint density at radius 1 is 1.37 bits per heavy atom. The number of rotatable bonds is 4. The van der Waals surface area contributed by atoms with Crippen molar-refractivity contribution in [3.63, 3.8) is 0 Å². The molecule has 0 spiro atoms. The molecule has 0 fully saturated rings. The number of thiophene rings is 1. The van der Waals surface area contributed by atoms with Gasteiger partial charge in [-0.15, -0.1) is 11.3 Å². The highest BCUT2D eigenvalue weighted by Crippen LogP contribution is 2.21. The number of carbonyl (C=O) groups excluding carboxylic acids is 1. The van der Waals surface area contributed by atoms with Crippen LogP contribution in [-0.2, 0) is 0 Å². The maximum Gasteiger partial charge on any atom is 0.252 e. The van der Waals surface area contributed by atoms with Crippen molar-refractivity contribution in [1.82, 2.24) is 5.32 Å². The zero-order valence-electron chi connectivity index (χ0n) is 9.77. The summed E-state index contributed by atoms with van der Waals surface area (Å²) >= 11 is 13.1. The molecule has 1 aromatic heterocycles. The fourth-order valence-corrected chi connectivity index (χ4v) is 2.75. The molecule has 19 heavy (non-hydrogen) atoms. The Kier molecular flexibility index (Phi) is 4.82. The number of aliphatic hydroxyl groups excluding tert-OH is 1. The van der Waals surface area contributed by atoms with E-state index in [0.29, 0.717) is 10.6 Å². The van der Waals surface area contributed by atoms with E-state index in [1.807, 2.05) is 17.5 Å². The Bertz CT molecular complexity index is 572. The Hall–Kier alpha value is -1.07. The van der Waals surface area contributed by atoms with Crippen molar-refractivity contribution in [1.29, 1.82) is 0 Å². The molecular formula is C13H11Cl2NO2S. The second kappa shape index (κ2) is 6.39. The van der Waals surface area contributed by atoms with Crippen molar-refractivity contribution in [2.45, 2.75) is 6.10 Å². The number of hydrogen-bond donors (Lipinski definition) is 2. The van der Waals surface area contributed by atoms with Gasteiger partial charge >= 0.3 is 0 Å². The lowest BCUT2D eigenvalue weighted by Gasteiger charge is -2.11. The van der Waals surface area contributed by atoms with Gasteiger partial charge in [-0.25, -0.2) is 0 Å². The highest BCUT2D eigenvalue weighted by atomic mass is 35.5. The zero-order valence-corrected chi connectivity index (χ0v) is 12.1. The van der Waals surface area contributed by atoms with Gasteiger partial charge in [0.1, 0.15) is 6.10 Å². The smallest absolute Gasteiger partial charge is 0.252 e. The van der Waals surface area contributed by atoms with Gasteiger partial charge in [-0.2, -0.15) is 0 Å². The topological polar surface area (TPSA) is 49.3 Å². The normalized spacial score (nSPS) is 12.2. The number of aliphatic hydroxyl groups is 1. The van der Waals surface area contributed by atoms with Crippen LogP contribution in [0.3, 0.4) is 0 Å². The third-order valence-corrected chi connectivity index (χ3v) is 4.02. The lowest BCUT2D eigenvalue weighted by atomic mass is 10.2. The van der Waals surface area contributed by atoms with Crippen LogP contribution < -0.4 is 5.32 Å². The van der Waals surface area contributed by atoms with Crippen molar-refractivity contribution in [3.8, 4) is 0 Å². The molecule has 0 radical (unpaired) electrons. The summed E-state index contributed by atoms with van der Waals surface area (Å²) in [4.78, 5) is 12.7. The van der Waals surface area contributed by atoms with Crippen LogP contribution in [-0.4, -0.2) is 17.6 Å². The van der Waals surface area contributed by atoms with Crippen LogP contribution >= 0.6 is 34.5 Å². The van der Waals surface area contributed by atoms with E-state index < -0.39 is 6.10 Å². The fourth-order valence-electron chi connectivity index (χ4n) is 1.54. The number of hydrogen-bond acceptors (Lipinski definition) is 3. The van der Waals surface area contributed by atoms with Crippen molar-refractivity contribution < 1.29 is 9.90 Å². The molecule has 1 amide bonds. The average molecular weight is 316 g/mol. The molecule has 0 saturated heterocycles. The molecule has 0 aliphatic carbocycles. The number of carbonyl (C=O) groups is 1.